The molecule has 1 heteroatoms. The van der Waals surface area contributed by atoms with Crippen molar-refractivity contribution in [2.24, 2.45) is 0 Å². The molecule has 0 amide bonds. The molecule has 0 saturated heterocycles. The Labute approximate surface area is 98.9 Å². The quantitative estimate of drug-likeness (QED) is 0.737. The summed E-state index contributed by atoms with van der Waals surface area (Å²) in [6.07, 6.45) is 0. The molecule has 0 aliphatic heterocycles. The van der Waals surface area contributed by atoms with E-state index in [0.29, 0.717) is 0 Å². The van der Waals surface area contributed by atoms with Crippen molar-refractivity contribution in [2.75, 3.05) is 0 Å². The Morgan fingerprint density at radius 2 is 1.25 bits per heavy atom. The summed E-state index contributed by atoms with van der Waals surface area (Å²) in [6.45, 7) is 12.2. The van der Waals surface area contributed by atoms with Gasteiger partial charge in [0.1, 0.15) is 5.78 Å². The van der Waals surface area contributed by atoms with Crippen LogP contribution in [-0.2, 0) is 15.6 Å². The standard InChI is InChI=1S/C15H22O/c1-11(16)15(5,6)13-9-7-12(8-10-13)14(2,3)4/h7-10H,1-6H3. The van der Waals surface area contributed by atoms with Gasteiger partial charge >= 0.3 is 0 Å². The molecule has 0 aromatic heterocycles. The summed E-state index contributed by atoms with van der Waals surface area (Å²) >= 11 is 0. The largest absolute Gasteiger partial charge is 0.299 e. The molecule has 1 rings (SSSR count). The van der Waals surface area contributed by atoms with E-state index in [1.54, 1.807) is 6.92 Å². The summed E-state index contributed by atoms with van der Waals surface area (Å²) in [5.74, 6) is 0.205. The Morgan fingerprint density at radius 3 is 1.56 bits per heavy atom. The first kappa shape index (κ1) is 13.0. The number of rotatable bonds is 2. The lowest BCUT2D eigenvalue weighted by atomic mass is 9.79. The second kappa shape index (κ2) is 4.04. The van der Waals surface area contributed by atoms with Crippen molar-refractivity contribution in [2.45, 2.75) is 52.4 Å². The third kappa shape index (κ3) is 2.52. The highest BCUT2D eigenvalue weighted by Crippen LogP contribution is 2.28. The number of carbonyl (C=O) groups excluding carboxylic acids is 1. The summed E-state index contributed by atoms with van der Waals surface area (Å²) in [6, 6.07) is 8.39. The highest BCUT2D eigenvalue weighted by molar-refractivity contribution is 5.87. The maximum Gasteiger partial charge on any atom is 0.139 e. The third-order valence-electron chi connectivity index (χ3n) is 3.35. The van der Waals surface area contributed by atoms with Crippen molar-refractivity contribution in [1.29, 1.82) is 0 Å². The van der Waals surface area contributed by atoms with Crippen LogP contribution in [0.15, 0.2) is 24.3 Å². The summed E-state index contributed by atoms with van der Waals surface area (Å²) in [7, 11) is 0. The van der Waals surface area contributed by atoms with Gasteiger partial charge in [0.05, 0.1) is 0 Å². The molecule has 0 saturated carbocycles. The molecule has 88 valence electrons. The molecule has 0 unspecified atom stereocenters. The van der Waals surface area contributed by atoms with Crippen LogP contribution in [0.1, 0.15) is 52.7 Å². The number of benzene rings is 1. The Hall–Kier alpha value is -1.11. The molecule has 1 aromatic carbocycles. The average molecular weight is 218 g/mol. The Kier molecular flexibility index (Phi) is 3.27. The second-order valence-electron chi connectivity index (χ2n) is 6.01. The summed E-state index contributed by atoms with van der Waals surface area (Å²) < 4.78 is 0. The number of Topliss-reactive ketones (excluding diaryl/α,β-unsaturated/α-hetero) is 1. The average Bonchev–Trinajstić information content (AvgIpc) is 2.16. The predicted molar refractivity (Wildman–Crippen MR) is 68.8 cm³/mol. The van der Waals surface area contributed by atoms with E-state index in [1.807, 2.05) is 13.8 Å². The van der Waals surface area contributed by atoms with Gasteiger partial charge < -0.3 is 0 Å². The molecule has 0 aliphatic rings. The van der Waals surface area contributed by atoms with Gasteiger partial charge in [0, 0.05) is 5.41 Å². The smallest absolute Gasteiger partial charge is 0.139 e. The van der Waals surface area contributed by atoms with Crippen molar-refractivity contribution in [3.8, 4) is 0 Å². The second-order valence-corrected chi connectivity index (χ2v) is 6.01. The lowest BCUT2D eigenvalue weighted by Crippen LogP contribution is -2.26. The van der Waals surface area contributed by atoms with Crippen molar-refractivity contribution in [3.05, 3.63) is 35.4 Å². The van der Waals surface area contributed by atoms with Gasteiger partial charge in [-0.25, -0.2) is 0 Å². The molecule has 0 aliphatic carbocycles. The van der Waals surface area contributed by atoms with Crippen LogP contribution in [0.5, 0.6) is 0 Å². The van der Waals surface area contributed by atoms with Crippen LogP contribution in [0.2, 0.25) is 0 Å². The van der Waals surface area contributed by atoms with E-state index in [0.717, 1.165) is 5.56 Å². The molecule has 0 bridgehead atoms. The van der Waals surface area contributed by atoms with Gasteiger partial charge in [-0.05, 0) is 37.3 Å². The van der Waals surface area contributed by atoms with Crippen molar-refractivity contribution < 1.29 is 4.79 Å². The van der Waals surface area contributed by atoms with E-state index < -0.39 is 0 Å². The first-order valence-electron chi connectivity index (χ1n) is 5.78. The third-order valence-corrected chi connectivity index (χ3v) is 3.35. The zero-order valence-electron chi connectivity index (χ0n) is 11.2. The maximum atomic E-state index is 11.5. The molecule has 16 heavy (non-hydrogen) atoms. The van der Waals surface area contributed by atoms with Crippen LogP contribution >= 0.6 is 0 Å². The first-order valence-corrected chi connectivity index (χ1v) is 5.78. The fourth-order valence-corrected chi connectivity index (χ4v) is 1.59. The minimum atomic E-state index is -0.379. The van der Waals surface area contributed by atoms with E-state index in [1.165, 1.54) is 5.56 Å². The van der Waals surface area contributed by atoms with E-state index in [9.17, 15) is 4.79 Å². The van der Waals surface area contributed by atoms with Gasteiger partial charge in [-0.2, -0.15) is 0 Å². The normalized spacial score (nSPS) is 12.6. The fourth-order valence-electron chi connectivity index (χ4n) is 1.59. The summed E-state index contributed by atoms with van der Waals surface area (Å²) in [4.78, 5) is 11.5. The minimum Gasteiger partial charge on any atom is -0.299 e. The summed E-state index contributed by atoms with van der Waals surface area (Å²) in [5, 5.41) is 0. The monoisotopic (exact) mass is 218 g/mol. The molecule has 0 spiro atoms. The summed E-state index contributed by atoms with van der Waals surface area (Å²) in [5.41, 5.74) is 2.18. The SMILES string of the molecule is CC(=O)C(C)(C)c1ccc(C(C)(C)C)cc1. The van der Waals surface area contributed by atoms with Gasteiger partial charge in [-0.15, -0.1) is 0 Å². The van der Waals surface area contributed by atoms with Crippen LogP contribution in [0.4, 0.5) is 0 Å². The van der Waals surface area contributed by atoms with Crippen LogP contribution in [0, 0.1) is 0 Å². The molecule has 1 nitrogen and oxygen atoms in total. The molecule has 0 radical (unpaired) electrons. The Bertz CT molecular complexity index is 377. The van der Waals surface area contributed by atoms with E-state index >= 15 is 0 Å². The Morgan fingerprint density at radius 1 is 0.875 bits per heavy atom. The van der Waals surface area contributed by atoms with Gasteiger partial charge in [0.2, 0.25) is 0 Å². The fraction of sp³-hybridized carbons (Fsp3) is 0.533. The van der Waals surface area contributed by atoms with Crippen LogP contribution in [0.3, 0.4) is 0 Å². The Balaban J connectivity index is 3.09. The van der Waals surface area contributed by atoms with E-state index in [4.69, 9.17) is 0 Å². The molecule has 0 fully saturated rings. The molecule has 0 heterocycles. The van der Waals surface area contributed by atoms with Gasteiger partial charge in [-0.1, -0.05) is 45.0 Å². The molecular weight excluding hydrogens is 196 g/mol. The first-order chi connectivity index (χ1) is 7.15. The maximum absolute atomic E-state index is 11.5. The number of ketones is 1. The topological polar surface area (TPSA) is 17.1 Å². The minimum absolute atomic E-state index is 0.166. The molecule has 1 aromatic rings. The number of hydrogen-bond donors (Lipinski definition) is 0. The highest BCUT2D eigenvalue weighted by atomic mass is 16.1. The van der Waals surface area contributed by atoms with Crippen molar-refractivity contribution >= 4 is 5.78 Å². The lowest BCUT2D eigenvalue weighted by molar-refractivity contribution is -0.121. The number of hydrogen-bond acceptors (Lipinski definition) is 1. The zero-order valence-corrected chi connectivity index (χ0v) is 11.2. The van der Waals surface area contributed by atoms with E-state index in [2.05, 4.69) is 45.0 Å². The molecule has 0 atom stereocenters. The van der Waals surface area contributed by atoms with Crippen molar-refractivity contribution in [1.82, 2.24) is 0 Å². The van der Waals surface area contributed by atoms with Crippen molar-refractivity contribution in [3.63, 3.8) is 0 Å². The van der Waals surface area contributed by atoms with Gasteiger partial charge in [0.15, 0.2) is 0 Å². The lowest BCUT2D eigenvalue weighted by Gasteiger charge is -2.24. The number of carbonyl (C=O) groups is 1. The van der Waals surface area contributed by atoms with Gasteiger partial charge in [-0.3, -0.25) is 4.79 Å². The van der Waals surface area contributed by atoms with Gasteiger partial charge in [0.25, 0.3) is 0 Å². The predicted octanol–water partition coefficient (Wildman–Crippen LogP) is 3.85. The highest BCUT2D eigenvalue weighted by Gasteiger charge is 2.26. The van der Waals surface area contributed by atoms with Crippen LogP contribution in [-0.4, -0.2) is 5.78 Å². The zero-order chi connectivity index (χ0) is 12.6. The van der Waals surface area contributed by atoms with Crippen LogP contribution < -0.4 is 0 Å². The van der Waals surface area contributed by atoms with E-state index in [-0.39, 0.29) is 16.6 Å². The molecule has 0 N–H and O–H groups in total. The van der Waals surface area contributed by atoms with Crippen LogP contribution in [0.25, 0.3) is 0 Å². The molecular formula is C15H22O.